The van der Waals surface area contributed by atoms with Gasteiger partial charge in [0.2, 0.25) is 5.91 Å². The Morgan fingerprint density at radius 2 is 1.78 bits per heavy atom. The van der Waals surface area contributed by atoms with E-state index in [0.29, 0.717) is 6.54 Å². The second kappa shape index (κ2) is 7.52. The van der Waals surface area contributed by atoms with Crippen LogP contribution in [0.15, 0.2) is 0 Å². The summed E-state index contributed by atoms with van der Waals surface area (Å²) in [7, 11) is 3.13. The average Bonchev–Trinajstić information content (AvgIpc) is 2.33. The van der Waals surface area contributed by atoms with Crippen molar-refractivity contribution < 1.29 is 19.5 Å². The Bertz CT molecular complexity index is 319. The Balaban J connectivity index is 4.10. The van der Waals surface area contributed by atoms with Gasteiger partial charge in [-0.1, -0.05) is 6.92 Å². The molecular weight excluding hydrogens is 238 g/mol. The molecule has 0 rings (SSSR count). The van der Waals surface area contributed by atoms with E-state index in [1.807, 2.05) is 6.92 Å². The molecule has 0 fully saturated rings. The van der Waals surface area contributed by atoms with E-state index < -0.39 is 17.9 Å². The quantitative estimate of drug-likeness (QED) is 0.693. The zero-order valence-corrected chi connectivity index (χ0v) is 11.3. The first-order chi connectivity index (χ1) is 8.29. The molecule has 7 nitrogen and oxygen atoms in total. The summed E-state index contributed by atoms with van der Waals surface area (Å²) in [5.41, 5.74) is 0. The first-order valence-electron chi connectivity index (χ1n) is 5.75. The van der Waals surface area contributed by atoms with Gasteiger partial charge in [0.15, 0.2) is 0 Å². The maximum atomic E-state index is 11.6. The maximum absolute atomic E-state index is 11.6. The summed E-state index contributed by atoms with van der Waals surface area (Å²) in [5.74, 6) is -1.79. The molecule has 1 atom stereocenters. The molecule has 0 saturated heterocycles. The summed E-state index contributed by atoms with van der Waals surface area (Å²) < 4.78 is 0. The standard InChI is InChI=1S/C11H21N3O4/c1-5-13(3)9(15)6-12-11(18)14(4)7-8(2)10(16)17/h8H,5-7H2,1-4H3,(H,12,18)(H,16,17). The van der Waals surface area contributed by atoms with Crippen LogP contribution in [0.5, 0.6) is 0 Å². The number of carboxylic acids is 1. The van der Waals surface area contributed by atoms with Gasteiger partial charge in [-0.15, -0.1) is 0 Å². The van der Waals surface area contributed by atoms with Crippen LogP contribution in [0.3, 0.4) is 0 Å². The van der Waals surface area contributed by atoms with Gasteiger partial charge in [0.1, 0.15) is 0 Å². The number of rotatable bonds is 6. The lowest BCUT2D eigenvalue weighted by Crippen LogP contribution is -2.45. The second-order valence-corrected chi connectivity index (χ2v) is 4.19. The Morgan fingerprint density at radius 1 is 1.22 bits per heavy atom. The molecule has 18 heavy (non-hydrogen) atoms. The van der Waals surface area contributed by atoms with Crippen LogP contribution >= 0.6 is 0 Å². The highest BCUT2D eigenvalue weighted by atomic mass is 16.4. The number of carbonyl (C=O) groups is 3. The van der Waals surface area contributed by atoms with Crippen molar-refractivity contribution in [1.82, 2.24) is 15.1 Å². The van der Waals surface area contributed by atoms with Gasteiger partial charge in [-0.2, -0.15) is 0 Å². The van der Waals surface area contributed by atoms with Crippen LogP contribution in [0.1, 0.15) is 13.8 Å². The molecule has 0 saturated carbocycles. The molecule has 0 radical (unpaired) electrons. The van der Waals surface area contributed by atoms with Crippen molar-refractivity contribution in [2.45, 2.75) is 13.8 Å². The summed E-state index contributed by atoms with van der Waals surface area (Å²) in [5, 5.41) is 11.2. The van der Waals surface area contributed by atoms with Crippen LogP contribution in [0.2, 0.25) is 0 Å². The number of carboxylic acid groups (broad SMARTS) is 1. The first-order valence-corrected chi connectivity index (χ1v) is 5.75. The summed E-state index contributed by atoms with van der Waals surface area (Å²) in [6.07, 6.45) is 0. The van der Waals surface area contributed by atoms with E-state index in [-0.39, 0.29) is 19.0 Å². The van der Waals surface area contributed by atoms with Gasteiger partial charge in [-0.05, 0) is 6.92 Å². The normalized spacial score (nSPS) is 11.6. The predicted octanol–water partition coefficient (Wildman–Crippen LogP) is -0.173. The third-order valence-corrected chi connectivity index (χ3v) is 2.61. The van der Waals surface area contributed by atoms with E-state index in [9.17, 15) is 14.4 Å². The molecule has 0 aromatic heterocycles. The monoisotopic (exact) mass is 259 g/mol. The van der Waals surface area contributed by atoms with Crippen molar-refractivity contribution in [3.63, 3.8) is 0 Å². The number of nitrogens with zero attached hydrogens (tertiary/aromatic N) is 2. The van der Waals surface area contributed by atoms with Crippen molar-refractivity contribution in [2.75, 3.05) is 33.7 Å². The van der Waals surface area contributed by atoms with Gasteiger partial charge in [-0.25, -0.2) is 4.79 Å². The van der Waals surface area contributed by atoms with Crippen LogP contribution in [0.4, 0.5) is 4.79 Å². The smallest absolute Gasteiger partial charge is 0.317 e. The van der Waals surface area contributed by atoms with E-state index in [0.717, 1.165) is 0 Å². The van der Waals surface area contributed by atoms with Crippen LogP contribution in [0, 0.1) is 5.92 Å². The average molecular weight is 259 g/mol. The molecule has 7 heteroatoms. The molecule has 0 heterocycles. The molecular formula is C11H21N3O4. The molecule has 0 aliphatic heterocycles. The summed E-state index contributed by atoms with van der Waals surface area (Å²) >= 11 is 0. The summed E-state index contributed by atoms with van der Waals surface area (Å²) in [6.45, 7) is 3.93. The number of amides is 3. The van der Waals surface area contributed by atoms with Gasteiger partial charge in [0.25, 0.3) is 0 Å². The number of likely N-dealkylation sites (N-methyl/N-ethyl adjacent to an activating group) is 1. The Morgan fingerprint density at radius 3 is 2.22 bits per heavy atom. The summed E-state index contributed by atoms with van der Waals surface area (Å²) in [6, 6.07) is -0.457. The van der Waals surface area contributed by atoms with Crippen molar-refractivity contribution in [3.8, 4) is 0 Å². The van der Waals surface area contributed by atoms with Crippen LogP contribution in [0.25, 0.3) is 0 Å². The highest BCUT2D eigenvalue weighted by molar-refractivity contribution is 5.84. The van der Waals surface area contributed by atoms with E-state index in [1.165, 1.54) is 23.8 Å². The SMILES string of the molecule is CCN(C)C(=O)CNC(=O)N(C)CC(C)C(=O)O. The van der Waals surface area contributed by atoms with Crippen LogP contribution in [-0.4, -0.2) is 66.5 Å². The van der Waals surface area contributed by atoms with E-state index in [2.05, 4.69) is 5.32 Å². The minimum atomic E-state index is -0.962. The van der Waals surface area contributed by atoms with Gasteiger partial charge >= 0.3 is 12.0 Å². The zero-order chi connectivity index (χ0) is 14.3. The minimum Gasteiger partial charge on any atom is -0.481 e. The lowest BCUT2D eigenvalue weighted by Gasteiger charge is -2.21. The number of aliphatic carboxylic acids is 1. The largest absolute Gasteiger partial charge is 0.481 e. The highest BCUT2D eigenvalue weighted by Gasteiger charge is 2.18. The number of hydrogen-bond donors (Lipinski definition) is 2. The van der Waals surface area contributed by atoms with Crippen molar-refractivity contribution in [2.24, 2.45) is 5.92 Å². The maximum Gasteiger partial charge on any atom is 0.317 e. The third kappa shape index (κ3) is 5.51. The molecule has 3 amide bonds. The highest BCUT2D eigenvalue weighted by Crippen LogP contribution is 1.98. The fourth-order valence-corrected chi connectivity index (χ4v) is 1.17. The van der Waals surface area contributed by atoms with E-state index >= 15 is 0 Å². The molecule has 0 spiro atoms. The topological polar surface area (TPSA) is 90.0 Å². The molecule has 0 bridgehead atoms. The number of carbonyl (C=O) groups excluding carboxylic acids is 2. The molecule has 0 aromatic rings. The first kappa shape index (κ1) is 16.2. The molecule has 2 N–H and O–H groups in total. The minimum absolute atomic E-state index is 0.0883. The molecule has 104 valence electrons. The number of nitrogens with one attached hydrogen (secondary N) is 1. The third-order valence-electron chi connectivity index (χ3n) is 2.61. The summed E-state index contributed by atoms with van der Waals surface area (Å²) in [4.78, 5) is 36.4. The Labute approximate surface area is 107 Å². The number of urea groups is 1. The molecule has 0 aromatic carbocycles. The molecule has 0 aliphatic carbocycles. The van der Waals surface area contributed by atoms with E-state index in [4.69, 9.17) is 5.11 Å². The Hall–Kier alpha value is -1.79. The Kier molecular flexibility index (Phi) is 6.77. The van der Waals surface area contributed by atoms with Crippen molar-refractivity contribution >= 4 is 17.9 Å². The van der Waals surface area contributed by atoms with E-state index in [1.54, 1.807) is 7.05 Å². The molecule has 1 unspecified atom stereocenters. The lowest BCUT2D eigenvalue weighted by molar-refractivity contribution is -0.141. The number of hydrogen-bond acceptors (Lipinski definition) is 3. The fraction of sp³-hybridized carbons (Fsp3) is 0.727. The lowest BCUT2D eigenvalue weighted by atomic mass is 10.2. The van der Waals surface area contributed by atoms with Crippen LogP contribution < -0.4 is 5.32 Å². The van der Waals surface area contributed by atoms with Crippen molar-refractivity contribution in [3.05, 3.63) is 0 Å². The van der Waals surface area contributed by atoms with Gasteiger partial charge in [0, 0.05) is 27.2 Å². The predicted molar refractivity (Wildman–Crippen MR) is 66.1 cm³/mol. The van der Waals surface area contributed by atoms with Gasteiger partial charge in [0.05, 0.1) is 12.5 Å². The van der Waals surface area contributed by atoms with Gasteiger partial charge < -0.3 is 20.2 Å². The molecule has 0 aliphatic rings. The zero-order valence-electron chi connectivity index (χ0n) is 11.3. The van der Waals surface area contributed by atoms with Crippen LogP contribution in [-0.2, 0) is 9.59 Å². The van der Waals surface area contributed by atoms with Gasteiger partial charge in [-0.3, -0.25) is 9.59 Å². The fourth-order valence-electron chi connectivity index (χ4n) is 1.17. The van der Waals surface area contributed by atoms with Crippen molar-refractivity contribution in [1.29, 1.82) is 0 Å². The second-order valence-electron chi connectivity index (χ2n) is 4.19.